The molecule has 1 aliphatic carbocycles. The maximum atomic E-state index is 12.6. The van der Waals surface area contributed by atoms with Gasteiger partial charge in [0.05, 0.1) is 12.5 Å². The summed E-state index contributed by atoms with van der Waals surface area (Å²) >= 11 is 0. The molecule has 1 atom stereocenters. The van der Waals surface area contributed by atoms with Crippen LogP contribution in [0.5, 0.6) is 0 Å². The normalized spacial score (nSPS) is 25.6. The van der Waals surface area contributed by atoms with Crippen LogP contribution in [0, 0.1) is 23.7 Å². The van der Waals surface area contributed by atoms with Crippen LogP contribution in [0.3, 0.4) is 0 Å². The van der Waals surface area contributed by atoms with Gasteiger partial charge in [-0.3, -0.25) is 9.59 Å². The van der Waals surface area contributed by atoms with Crippen LogP contribution in [0.2, 0.25) is 0 Å². The quantitative estimate of drug-likeness (QED) is 0.755. The second-order valence-electron chi connectivity index (χ2n) is 6.40. The second-order valence-corrected chi connectivity index (χ2v) is 6.40. The van der Waals surface area contributed by atoms with Crippen molar-refractivity contribution in [2.75, 3.05) is 19.6 Å². The Balaban J connectivity index is 1.99. The molecule has 2 fully saturated rings. The predicted octanol–water partition coefficient (Wildman–Crippen LogP) is 0.731. The van der Waals surface area contributed by atoms with E-state index in [0.29, 0.717) is 25.4 Å². The lowest BCUT2D eigenvalue weighted by atomic mass is 9.86. The molecule has 0 aromatic carbocycles. The number of rotatable bonds is 6. The molecule has 121 valence electrons. The van der Waals surface area contributed by atoms with E-state index in [1.54, 1.807) is 6.42 Å². The highest BCUT2D eigenvalue weighted by molar-refractivity contribution is 5.90. The van der Waals surface area contributed by atoms with Crippen molar-refractivity contribution in [1.82, 2.24) is 10.2 Å². The Morgan fingerprint density at radius 2 is 2.09 bits per heavy atom. The molecule has 2 amide bonds. The Morgan fingerprint density at radius 1 is 1.36 bits per heavy atom. The summed E-state index contributed by atoms with van der Waals surface area (Å²) in [5.41, 5.74) is 4.33. The largest absolute Gasteiger partial charge is 0.368 e. The first kappa shape index (κ1) is 16.8. The molecule has 1 saturated carbocycles. The van der Waals surface area contributed by atoms with Gasteiger partial charge in [-0.05, 0) is 25.3 Å². The lowest BCUT2D eigenvalue weighted by molar-refractivity contribution is -0.136. The van der Waals surface area contributed by atoms with Crippen LogP contribution in [0.25, 0.3) is 0 Å². The fraction of sp³-hybridized carbons (Fsp3) is 0.750. The fourth-order valence-electron chi connectivity index (χ4n) is 3.46. The van der Waals surface area contributed by atoms with Crippen molar-refractivity contribution in [3.8, 4) is 6.07 Å². The van der Waals surface area contributed by atoms with E-state index in [9.17, 15) is 14.9 Å². The van der Waals surface area contributed by atoms with Gasteiger partial charge in [-0.25, -0.2) is 0 Å². The summed E-state index contributed by atoms with van der Waals surface area (Å²) < 4.78 is 0. The summed E-state index contributed by atoms with van der Waals surface area (Å²) in [7, 11) is 0. The molecule has 1 heterocycles. The number of primary amides is 1. The van der Waals surface area contributed by atoms with E-state index in [0.717, 1.165) is 19.3 Å². The lowest BCUT2D eigenvalue weighted by Crippen LogP contribution is -2.55. The first-order valence-corrected chi connectivity index (χ1v) is 8.12. The molecule has 0 aromatic heterocycles. The van der Waals surface area contributed by atoms with Gasteiger partial charge in [-0.1, -0.05) is 32.1 Å². The Kier molecular flexibility index (Phi) is 5.78. The van der Waals surface area contributed by atoms with Gasteiger partial charge in [-0.15, -0.1) is 0 Å². The number of nitrogens with zero attached hydrogens (tertiary/aromatic N) is 2. The van der Waals surface area contributed by atoms with Gasteiger partial charge in [0, 0.05) is 6.54 Å². The second kappa shape index (κ2) is 7.59. The number of nitriles is 1. The van der Waals surface area contributed by atoms with Crippen LogP contribution in [0.1, 0.15) is 44.9 Å². The lowest BCUT2D eigenvalue weighted by Gasteiger charge is -2.35. The van der Waals surface area contributed by atoms with E-state index in [1.165, 1.54) is 24.2 Å². The summed E-state index contributed by atoms with van der Waals surface area (Å²) in [6.45, 7) is 0.855. The smallest absolute Gasteiger partial charge is 0.237 e. The van der Waals surface area contributed by atoms with E-state index < -0.39 is 11.4 Å². The van der Waals surface area contributed by atoms with E-state index in [2.05, 4.69) is 11.4 Å². The van der Waals surface area contributed by atoms with Crippen LogP contribution in [0.4, 0.5) is 0 Å². The molecule has 0 aromatic rings. The van der Waals surface area contributed by atoms with Crippen molar-refractivity contribution >= 4 is 11.8 Å². The first-order valence-electron chi connectivity index (χ1n) is 8.12. The average molecular weight is 305 g/mol. The van der Waals surface area contributed by atoms with Crippen LogP contribution >= 0.6 is 0 Å². The number of hydrogen-bond acceptors (Lipinski definition) is 4. The van der Waals surface area contributed by atoms with Gasteiger partial charge in [0.1, 0.15) is 12.1 Å². The van der Waals surface area contributed by atoms with Gasteiger partial charge in [-0.2, -0.15) is 5.26 Å². The third kappa shape index (κ3) is 3.98. The minimum atomic E-state index is -0.949. The molecule has 22 heavy (non-hydrogen) atoms. The van der Waals surface area contributed by atoms with Gasteiger partial charge in [0.2, 0.25) is 11.8 Å². The fourth-order valence-corrected chi connectivity index (χ4v) is 3.46. The Morgan fingerprint density at radius 3 is 2.64 bits per heavy atom. The number of amides is 2. The molecule has 1 aliphatic heterocycles. The third-order valence-electron chi connectivity index (χ3n) is 4.79. The Bertz CT molecular complexity index is 446. The van der Waals surface area contributed by atoms with Crippen molar-refractivity contribution < 1.29 is 9.59 Å². The summed E-state index contributed by atoms with van der Waals surface area (Å²) in [5.74, 6) is -0.275. The maximum Gasteiger partial charge on any atom is 0.237 e. The van der Waals surface area contributed by atoms with Crippen LogP contribution in [-0.4, -0.2) is 41.9 Å². The molecule has 1 saturated heterocycles. The molecule has 2 rings (SSSR count). The van der Waals surface area contributed by atoms with Gasteiger partial charge < -0.3 is 16.0 Å². The van der Waals surface area contributed by atoms with Crippen molar-refractivity contribution in [2.45, 2.75) is 50.5 Å². The molecule has 3 N–H and O–H groups in total. The van der Waals surface area contributed by atoms with E-state index in [4.69, 9.17) is 5.73 Å². The SMILES string of the molecule is N#CC1(N(CC(N)=O)C(=O)[CH]CC2CCCCC2)CCNC1. The summed E-state index contributed by atoms with van der Waals surface area (Å²) in [4.78, 5) is 25.2. The summed E-state index contributed by atoms with van der Waals surface area (Å²) in [5, 5.41) is 12.6. The highest BCUT2D eigenvalue weighted by atomic mass is 16.2. The maximum absolute atomic E-state index is 12.6. The van der Waals surface area contributed by atoms with Crippen molar-refractivity contribution in [2.24, 2.45) is 11.7 Å². The molecule has 1 unspecified atom stereocenters. The highest BCUT2D eigenvalue weighted by Crippen LogP contribution is 2.28. The van der Waals surface area contributed by atoms with Crippen molar-refractivity contribution in [3.63, 3.8) is 0 Å². The van der Waals surface area contributed by atoms with Gasteiger partial charge in [0.25, 0.3) is 0 Å². The van der Waals surface area contributed by atoms with Crippen LogP contribution in [0.15, 0.2) is 0 Å². The molecule has 0 bridgehead atoms. The molecular weight excluding hydrogens is 280 g/mol. The number of nitrogens with two attached hydrogens (primary N) is 1. The molecule has 6 heteroatoms. The van der Waals surface area contributed by atoms with Gasteiger partial charge >= 0.3 is 0 Å². The first-order chi connectivity index (χ1) is 10.6. The minimum absolute atomic E-state index is 0.199. The number of carbonyl (C=O) groups is 2. The van der Waals surface area contributed by atoms with E-state index in [1.807, 2.05) is 0 Å². The van der Waals surface area contributed by atoms with Gasteiger partial charge in [0.15, 0.2) is 0 Å². The molecule has 6 nitrogen and oxygen atoms in total. The highest BCUT2D eigenvalue weighted by Gasteiger charge is 2.43. The number of hydrogen-bond donors (Lipinski definition) is 2. The molecule has 2 aliphatic rings. The standard InChI is InChI=1S/C16H25N4O2/c17-11-16(8-9-19-12-16)20(10-14(18)21)15(22)7-6-13-4-2-1-3-5-13/h7,13,19H,1-6,8-10,12H2,(H2,18,21). The minimum Gasteiger partial charge on any atom is -0.368 e. The Hall–Kier alpha value is -1.61. The van der Waals surface area contributed by atoms with Crippen LogP contribution < -0.4 is 11.1 Å². The molecule has 0 spiro atoms. The monoisotopic (exact) mass is 305 g/mol. The van der Waals surface area contributed by atoms with Crippen molar-refractivity contribution in [3.05, 3.63) is 6.42 Å². The topological polar surface area (TPSA) is 99.2 Å². The van der Waals surface area contributed by atoms with Crippen molar-refractivity contribution in [1.29, 1.82) is 5.26 Å². The molecular formula is C16H25N4O2. The van der Waals surface area contributed by atoms with E-state index >= 15 is 0 Å². The summed E-state index contributed by atoms with van der Waals surface area (Å²) in [6, 6.07) is 2.22. The zero-order chi connectivity index (χ0) is 16.0. The zero-order valence-corrected chi connectivity index (χ0v) is 13.0. The third-order valence-corrected chi connectivity index (χ3v) is 4.79. The Labute approximate surface area is 132 Å². The zero-order valence-electron chi connectivity index (χ0n) is 13.0. The number of carbonyl (C=O) groups excluding carboxylic acids is 2. The predicted molar refractivity (Wildman–Crippen MR) is 82.2 cm³/mol. The summed E-state index contributed by atoms with van der Waals surface area (Å²) in [6.07, 6.45) is 8.95. The van der Waals surface area contributed by atoms with E-state index in [-0.39, 0.29) is 12.5 Å². The average Bonchev–Trinajstić information content (AvgIpc) is 3.01. The number of nitrogens with one attached hydrogen (secondary N) is 1. The molecule has 1 radical (unpaired) electrons. The van der Waals surface area contributed by atoms with Crippen LogP contribution in [-0.2, 0) is 9.59 Å².